The molecule has 2 rings (SSSR count). The number of nitrogens with zero attached hydrogens (tertiary/aromatic N) is 1. The van der Waals surface area contributed by atoms with E-state index in [0.29, 0.717) is 5.69 Å². The van der Waals surface area contributed by atoms with Gasteiger partial charge in [-0.3, -0.25) is 4.72 Å². The number of sulfonamides is 1. The smallest absolute Gasteiger partial charge is 0.272 e. The van der Waals surface area contributed by atoms with Crippen LogP contribution in [-0.2, 0) is 10.0 Å². The van der Waals surface area contributed by atoms with Crippen LogP contribution in [0.25, 0.3) is 0 Å². The molecule has 0 saturated heterocycles. The van der Waals surface area contributed by atoms with Crippen LogP contribution in [0.5, 0.6) is 0 Å². The third kappa shape index (κ3) is 2.87. The first-order chi connectivity index (χ1) is 7.97. The second-order valence-corrected chi connectivity index (χ2v) is 6.36. The van der Waals surface area contributed by atoms with E-state index in [0.717, 1.165) is 11.3 Å². The van der Waals surface area contributed by atoms with Gasteiger partial charge in [0.2, 0.25) is 0 Å². The summed E-state index contributed by atoms with van der Waals surface area (Å²) in [6.07, 6.45) is 0. The van der Waals surface area contributed by atoms with Crippen molar-refractivity contribution >= 4 is 44.5 Å². The number of nitrogens with one attached hydrogen (secondary N) is 1. The largest absolute Gasteiger partial charge is 0.398 e. The van der Waals surface area contributed by atoms with E-state index in [-0.39, 0.29) is 15.2 Å². The Hall–Kier alpha value is -1.31. The first-order valence-electron chi connectivity index (χ1n) is 4.47. The maximum atomic E-state index is 11.9. The van der Waals surface area contributed by atoms with Crippen LogP contribution in [0.1, 0.15) is 0 Å². The molecule has 0 aliphatic heterocycles. The molecule has 2 aromatic rings. The molecule has 0 aromatic carbocycles. The highest BCUT2D eigenvalue weighted by molar-refractivity contribution is 7.94. The summed E-state index contributed by atoms with van der Waals surface area (Å²) in [5.41, 5.74) is 5.89. The van der Waals surface area contributed by atoms with E-state index >= 15 is 0 Å². The van der Waals surface area contributed by atoms with Crippen molar-refractivity contribution in [1.29, 1.82) is 0 Å². The SMILES string of the molecule is Nc1csc(S(=O)(=O)Nc2cccc(Cl)n2)c1. The third-order valence-corrected chi connectivity index (χ3v) is 4.84. The lowest BCUT2D eigenvalue weighted by molar-refractivity contribution is 0.603. The molecule has 0 aliphatic rings. The Balaban J connectivity index is 2.29. The highest BCUT2D eigenvalue weighted by Gasteiger charge is 2.17. The highest BCUT2D eigenvalue weighted by Crippen LogP contribution is 2.23. The van der Waals surface area contributed by atoms with Crippen molar-refractivity contribution in [3.05, 3.63) is 34.8 Å². The van der Waals surface area contributed by atoms with Gasteiger partial charge in [0.1, 0.15) is 15.2 Å². The lowest BCUT2D eigenvalue weighted by Gasteiger charge is -2.04. The Morgan fingerprint density at radius 2 is 2.18 bits per heavy atom. The van der Waals surface area contributed by atoms with Crippen LogP contribution < -0.4 is 10.5 Å². The fourth-order valence-corrected chi connectivity index (χ4v) is 3.37. The van der Waals surface area contributed by atoms with Gasteiger partial charge in [0, 0.05) is 11.1 Å². The minimum atomic E-state index is -3.64. The summed E-state index contributed by atoms with van der Waals surface area (Å²) < 4.78 is 26.2. The van der Waals surface area contributed by atoms with E-state index in [1.165, 1.54) is 12.1 Å². The molecule has 0 bridgehead atoms. The van der Waals surface area contributed by atoms with E-state index in [9.17, 15) is 8.42 Å². The Bertz CT molecular complexity index is 639. The zero-order valence-corrected chi connectivity index (χ0v) is 10.8. The standard InChI is InChI=1S/C9H8ClN3O2S2/c10-7-2-1-3-8(12-7)13-17(14,15)9-4-6(11)5-16-9/h1-5H,11H2,(H,12,13). The predicted molar refractivity (Wildman–Crippen MR) is 68.8 cm³/mol. The molecule has 3 N–H and O–H groups in total. The molecule has 0 radical (unpaired) electrons. The summed E-state index contributed by atoms with van der Waals surface area (Å²) in [7, 11) is -3.64. The molecular weight excluding hydrogens is 282 g/mol. The second kappa shape index (κ2) is 4.52. The van der Waals surface area contributed by atoms with Crippen LogP contribution in [0, 0.1) is 0 Å². The number of anilines is 2. The lowest BCUT2D eigenvalue weighted by atomic mass is 10.5. The van der Waals surface area contributed by atoms with Gasteiger partial charge in [-0.05, 0) is 18.2 Å². The second-order valence-electron chi connectivity index (χ2n) is 3.15. The van der Waals surface area contributed by atoms with Crippen LogP contribution in [0.15, 0.2) is 33.9 Å². The number of rotatable bonds is 3. The highest BCUT2D eigenvalue weighted by atomic mass is 35.5. The maximum absolute atomic E-state index is 11.9. The molecule has 0 amide bonds. The minimum absolute atomic E-state index is 0.136. The van der Waals surface area contributed by atoms with Gasteiger partial charge >= 0.3 is 0 Å². The molecule has 0 spiro atoms. The Morgan fingerprint density at radius 3 is 2.76 bits per heavy atom. The minimum Gasteiger partial charge on any atom is -0.398 e. The van der Waals surface area contributed by atoms with Gasteiger partial charge in [0.05, 0.1) is 0 Å². The molecular formula is C9H8ClN3O2S2. The summed E-state index contributed by atoms with van der Waals surface area (Å²) in [5.74, 6) is 0.171. The molecule has 0 fully saturated rings. The first-order valence-corrected chi connectivity index (χ1v) is 7.21. The van der Waals surface area contributed by atoms with E-state index < -0.39 is 10.0 Å². The number of nitrogen functional groups attached to an aromatic ring is 1. The molecule has 0 saturated carbocycles. The third-order valence-electron chi connectivity index (χ3n) is 1.81. The fourth-order valence-electron chi connectivity index (χ4n) is 1.12. The fraction of sp³-hybridized carbons (Fsp3) is 0. The van der Waals surface area contributed by atoms with Gasteiger partial charge < -0.3 is 5.73 Å². The lowest BCUT2D eigenvalue weighted by Crippen LogP contribution is -2.12. The average molecular weight is 290 g/mol. The molecule has 2 heterocycles. The molecule has 0 aliphatic carbocycles. The zero-order chi connectivity index (χ0) is 12.5. The van der Waals surface area contributed by atoms with Crippen molar-refractivity contribution in [2.45, 2.75) is 4.21 Å². The number of nitrogens with two attached hydrogens (primary N) is 1. The van der Waals surface area contributed by atoms with E-state index in [1.54, 1.807) is 17.5 Å². The summed E-state index contributed by atoms with van der Waals surface area (Å²) in [5, 5.41) is 1.77. The van der Waals surface area contributed by atoms with Crippen molar-refractivity contribution in [2.75, 3.05) is 10.5 Å². The predicted octanol–water partition coefficient (Wildman–Crippen LogP) is 2.18. The van der Waals surface area contributed by atoms with Gasteiger partial charge in [-0.2, -0.15) is 0 Å². The van der Waals surface area contributed by atoms with Crippen molar-refractivity contribution in [2.24, 2.45) is 0 Å². The summed E-state index contributed by atoms with van der Waals surface area (Å²) in [6, 6.07) is 6.07. The monoisotopic (exact) mass is 289 g/mol. The van der Waals surface area contributed by atoms with Crippen LogP contribution in [0.2, 0.25) is 5.15 Å². The van der Waals surface area contributed by atoms with Gasteiger partial charge in [-0.15, -0.1) is 11.3 Å². The zero-order valence-electron chi connectivity index (χ0n) is 8.42. The van der Waals surface area contributed by atoms with E-state index in [2.05, 4.69) is 9.71 Å². The van der Waals surface area contributed by atoms with Crippen molar-refractivity contribution < 1.29 is 8.42 Å². The number of hydrogen-bond donors (Lipinski definition) is 2. The summed E-state index contributed by atoms with van der Waals surface area (Å²) in [4.78, 5) is 3.84. The quantitative estimate of drug-likeness (QED) is 0.848. The number of thiophene rings is 1. The Morgan fingerprint density at radius 1 is 1.41 bits per heavy atom. The maximum Gasteiger partial charge on any atom is 0.272 e. The molecule has 0 unspecified atom stereocenters. The number of pyridine rings is 1. The number of hydrogen-bond acceptors (Lipinski definition) is 5. The summed E-state index contributed by atoms with van der Waals surface area (Å²) >= 11 is 6.70. The van der Waals surface area contributed by atoms with Gasteiger partial charge in [-0.1, -0.05) is 17.7 Å². The average Bonchev–Trinajstić information content (AvgIpc) is 2.65. The van der Waals surface area contributed by atoms with E-state index in [4.69, 9.17) is 17.3 Å². The van der Waals surface area contributed by atoms with Crippen molar-refractivity contribution in [3.8, 4) is 0 Å². The molecule has 2 aromatic heterocycles. The topological polar surface area (TPSA) is 85.1 Å². The molecule has 5 nitrogen and oxygen atoms in total. The van der Waals surface area contributed by atoms with Crippen LogP contribution >= 0.6 is 22.9 Å². The number of halogens is 1. The normalized spacial score (nSPS) is 11.4. The van der Waals surface area contributed by atoms with Crippen molar-refractivity contribution in [3.63, 3.8) is 0 Å². The molecule has 8 heteroatoms. The Kier molecular flexibility index (Phi) is 3.23. The van der Waals surface area contributed by atoms with Crippen LogP contribution in [0.4, 0.5) is 11.5 Å². The van der Waals surface area contributed by atoms with E-state index in [1.807, 2.05) is 0 Å². The van der Waals surface area contributed by atoms with Crippen LogP contribution in [-0.4, -0.2) is 13.4 Å². The number of aromatic nitrogens is 1. The summed E-state index contributed by atoms with van der Waals surface area (Å²) in [6.45, 7) is 0. The van der Waals surface area contributed by atoms with Gasteiger partial charge in [-0.25, -0.2) is 13.4 Å². The van der Waals surface area contributed by atoms with Crippen LogP contribution in [0.3, 0.4) is 0 Å². The first kappa shape index (κ1) is 12.2. The molecule has 17 heavy (non-hydrogen) atoms. The molecule has 0 atom stereocenters. The van der Waals surface area contributed by atoms with Crippen molar-refractivity contribution in [1.82, 2.24) is 4.98 Å². The Labute approximate surface area is 107 Å². The molecule has 90 valence electrons. The van der Waals surface area contributed by atoms with Gasteiger partial charge in [0.15, 0.2) is 0 Å². The van der Waals surface area contributed by atoms with Gasteiger partial charge in [0.25, 0.3) is 10.0 Å².